The van der Waals surface area contributed by atoms with Crippen LogP contribution in [-0.2, 0) is 9.59 Å². The number of imide groups is 1. The second-order valence-electron chi connectivity index (χ2n) is 4.55. The molecular formula is C13H15N3O3. The van der Waals surface area contributed by atoms with Gasteiger partial charge in [0.05, 0.1) is 0 Å². The zero-order valence-electron chi connectivity index (χ0n) is 10.5. The van der Waals surface area contributed by atoms with Gasteiger partial charge in [-0.1, -0.05) is 6.07 Å². The fourth-order valence-electron chi connectivity index (χ4n) is 1.85. The summed E-state index contributed by atoms with van der Waals surface area (Å²) < 4.78 is 0. The molecule has 1 aromatic rings. The topological polar surface area (TPSA) is 101 Å². The van der Waals surface area contributed by atoms with Crippen LogP contribution in [0.15, 0.2) is 18.2 Å². The number of aryl methyl sites for hydroxylation is 1. The number of anilines is 1. The van der Waals surface area contributed by atoms with Crippen molar-refractivity contribution in [2.45, 2.75) is 25.8 Å². The van der Waals surface area contributed by atoms with Gasteiger partial charge in [-0.2, -0.15) is 0 Å². The van der Waals surface area contributed by atoms with Crippen molar-refractivity contribution in [2.24, 2.45) is 0 Å². The summed E-state index contributed by atoms with van der Waals surface area (Å²) in [5, 5.41) is 4.78. The largest absolute Gasteiger partial charge is 0.398 e. The number of nitrogens with one attached hydrogen (secondary N) is 2. The number of amides is 3. The third-order valence-electron chi connectivity index (χ3n) is 3.09. The first-order chi connectivity index (χ1) is 8.97. The maximum atomic E-state index is 12.0. The van der Waals surface area contributed by atoms with E-state index in [0.29, 0.717) is 17.7 Å². The molecule has 1 unspecified atom stereocenters. The molecule has 19 heavy (non-hydrogen) atoms. The van der Waals surface area contributed by atoms with E-state index in [1.165, 1.54) is 0 Å². The van der Waals surface area contributed by atoms with Crippen molar-refractivity contribution in [1.29, 1.82) is 0 Å². The van der Waals surface area contributed by atoms with E-state index in [1.807, 2.05) is 6.92 Å². The van der Waals surface area contributed by atoms with Gasteiger partial charge in [-0.05, 0) is 31.0 Å². The van der Waals surface area contributed by atoms with Crippen molar-refractivity contribution in [1.82, 2.24) is 10.6 Å². The number of hydrogen-bond donors (Lipinski definition) is 3. The lowest BCUT2D eigenvalue weighted by Gasteiger charge is -2.21. The summed E-state index contributed by atoms with van der Waals surface area (Å²) in [4.78, 5) is 34.5. The Morgan fingerprint density at radius 3 is 2.79 bits per heavy atom. The van der Waals surface area contributed by atoms with Crippen LogP contribution in [0.3, 0.4) is 0 Å². The minimum absolute atomic E-state index is 0.229. The van der Waals surface area contributed by atoms with Gasteiger partial charge in [0.2, 0.25) is 11.8 Å². The fraction of sp³-hybridized carbons (Fsp3) is 0.308. The van der Waals surface area contributed by atoms with E-state index in [4.69, 9.17) is 5.73 Å². The third kappa shape index (κ3) is 2.90. The van der Waals surface area contributed by atoms with Gasteiger partial charge in [-0.15, -0.1) is 0 Å². The molecule has 1 heterocycles. The minimum atomic E-state index is -0.673. The SMILES string of the molecule is Cc1ccc(C(=O)NC2CCC(=O)NC2=O)cc1N. The highest BCUT2D eigenvalue weighted by Crippen LogP contribution is 2.13. The van der Waals surface area contributed by atoms with Crippen molar-refractivity contribution in [3.05, 3.63) is 29.3 Å². The summed E-state index contributed by atoms with van der Waals surface area (Å²) >= 11 is 0. The number of nitrogen functional groups attached to an aromatic ring is 1. The predicted octanol–water partition coefficient (Wildman–Crippen LogP) is 0.112. The van der Waals surface area contributed by atoms with Gasteiger partial charge in [0, 0.05) is 17.7 Å². The molecule has 4 N–H and O–H groups in total. The van der Waals surface area contributed by atoms with Gasteiger partial charge in [-0.3, -0.25) is 19.7 Å². The first-order valence-corrected chi connectivity index (χ1v) is 5.98. The van der Waals surface area contributed by atoms with Crippen molar-refractivity contribution in [3.63, 3.8) is 0 Å². The monoisotopic (exact) mass is 261 g/mol. The molecule has 0 spiro atoms. The molecule has 0 aromatic heterocycles. The number of rotatable bonds is 2. The Labute approximate surface area is 110 Å². The van der Waals surface area contributed by atoms with Gasteiger partial charge in [-0.25, -0.2) is 0 Å². The number of nitrogens with two attached hydrogens (primary N) is 1. The van der Waals surface area contributed by atoms with Crippen LogP contribution in [0.4, 0.5) is 5.69 Å². The summed E-state index contributed by atoms with van der Waals surface area (Å²) in [6, 6.07) is 4.28. The standard InChI is InChI=1S/C13H15N3O3/c1-7-2-3-8(6-9(7)14)12(18)15-10-4-5-11(17)16-13(10)19/h2-3,6,10H,4-5,14H2,1H3,(H,15,18)(H,16,17,19). The number of piperidine rings is 1. The maximum Gasteiger partial charge on any atom is 0.252 e. The lowest BCUT2D eigenvalue weighted by Crippen LogP contribution is -2.52. The predicted molar refractivity (Wildman–Crippen MR) is 69.2 cm³/mol. The molecule has 6 heteroatoms. The average molecular weight is 261 g/mol. The van der Waals surface area contributed by atoms with Crippen LogP contribution in [0.5, 0.6) is 0 Å². The molecule has 0 radical (unpaired) electrons. The normalized spacial score (nSPS) is 18.9. The third-order valence-corrected chi connectivity index (χ3v) is 3.09. The molecule has 2 rings (SSSR count). The molecule has 6 nitrogen and oxygen atoms in total. The number of benzene rings is 1. The summed E-state index contributed by atoms with van der Waals surface area (Å²) in [7, 11) is 0. The molecule has 1 fully saturated rings. The first kappa shape index (κ1) is 13.1. The van der Waals surface area contributed by atoms with Gasteiger partial charge >= 0.3 is 0 Å². The van der Waals surface area contributed by atoms with Crippen molar-refractivity contribution < 1.29 is 14.4 Å². The van der Waals surface area contributed by atoms with E-state index >= 15 is 0 Å². The molecule has 1 aliphatic heterocycles. The summed E-state index contributed by atoms with van der Waals surface area (Å²) in [5.74, 6) is -1.15. The molecule has 0 aliphatic carbocycles. The van der Waals surface area contributed by atoms with E-state index in [1.54, 1.807) is 18.2 Å². The first-order valence-electron chi connectivity index (χ1n) is 5.98. The Morgan fingerprint density at radius 1 is 1.42 bits per heavy atom. The van der Waals surface area contributed by atoms with Crippen LogP contribution in [0.2, 0.25) is 0 Å². The Morgan fingerprint density at radius 2 is 2.16 bits per heavy atom. The Kier molecular flexibility index (Phi) is 3.50. The smallest absolute Gasteiger partial charge is 0.252 e. The lowest BCUT2D eigenvalue weighted by molar-refractivity contribution is -0.134. The fourth-order valence-corrected chi connectivity index (χ4v) is 1.85. The molecule has 100 valence electrons. The molecule has 1 aliphatic rings. The van der Waals surface area contributed by atoms with Crippen LogP contribution in [0.1, 0.15) is 28.8 Å². The van der Waals surface area contributed by atoms with Crippen molar-refractivity contribution >= 4 is 23.4 Å². The quantitative estimate of drug-likeness (QED) is 0.519. The van der Waals surface area contributed by atoms with Crippen LogP contribution >= 0.6 is 0 Å². The Bertz CT molecular complexity index is 554. The summed E-state index contributed by atoms with van der Waals surface area (Å²) in [6.07, 6.45) is 0.546. The highest BCUT2D eigenvalue weighted by atomic mass is 16.2. The highest BCUT2D eigenvalue weighted by molar-refractivity contribution is 6.04. The second-order valence-corrected chi connectivity index (χ2v) is 4.55. The van der Waals surface area contributed by atoms with Crippen LogP contribution in [0.25, 0.3) is 0 Å². The van der Waals surface area contributed by atoms with Crippen LogP contribution in [-0.4, -0.2) is 23.8 Å². The zero-order chi connectivity index (χ0) is 14.0. The highest BCUT2D eigenvalue weighted by Gasteiger charge is 2.28. The Hall–Kier alpha value is -2.37. The molecule has 1 saturated heterocycles. The van der Waals surface area contributed by atoms with E-state index in [0.717, 1.165) is 5.56 Å². The van der Waals surface area contributed by atoms with Gasteiger partial charge in [0.1, 0.15) is 6.04 Å². The van der Waals surface area contributed by atoms with Crippen molar-refractivity contribution in [3.8, 4) is 0 Å². The van der Waals surface area contributed by atoms with E-state index in [9.17, 15) is 14.4 Å². The Balaban J connectivity index is 2.06. The molecule has 1 atom stereocenters. The maximum absolute atomic E-state index is 12.0. The molecule has 0 bridgehead atoms. The van der Waals surface area contributed by atoms with Crippen LogP contribution in [0, 0.1) is 6.92 Å². The molecular weight excluding hydrogens is 246 g/mol. The lowest BCUT2D eigenvalue weighted by atomic mass is 10.0. The van der Waals surface area contributed by atoms with E-state index in [-0.39, 0.29) is 18.2 Å². The molecule has 0 saturated carbocycles. The van der Waals surface area contributed by atoms with Gasteiger partial charge in [0.15, 0.2) is 0 Å². The minimum Gasteiger partial charge on any atom is -0.398 e. The number of carbonyl (C=O) groups excluding carboxylic acids is 3. The van der Waals surface area contributed by atoms with E-state index < -0.39 is 11.9 Å². The number of hydrogen-bond acceptors (Lipinski definition) is 4. The summed E-state index contributed by atoms with van der Waals surface area (Å²) in [5.41, 5.74) is 7.54. The average Bonchev–Trinajstić information content (AvgIpc) is 2.36. The zero-order valence-corrected chi connectivity index (χ0v) is 10.5. The molecule has 1 aromatic carbocycles. The van der Waals surface area contributed by atoms with E-state index in [2.05, 4.69) is 10.6 Å². The summed E-state index contributed by atoms with van der Waals surface area (Å²) in [6.45, 7) is 1.84. The van der Waals surface area contributed by atoms with Gasteiger partial charge < -0.3 is 11.1 Å². The molecule has 3 amide bonds. The number of carbonyl (C=O) groups is 3. The van der Waals surface area contributed by atoms with Crippen LogP contribution < -0.4 is 16.4 Å². The second kappa shape index (κ2) is 5.09. The van der Waals surface area contributed by atoms with Gasteiger partial charge in [0.25, 0.3) is 5.91 Å². The van der Waals surface area contributed by atoms with Crippen molar-refractivity contribution in [2.75, 3.05) is 5.73 Å².